The van der Waals surface area contributed by atoms with Crippen LogP contribution in [-0.4, -0.2) is 31.8 Å². The van der Waals surface area contributed by atoms with Crippen molar-refractivity contribution < 1.29 is 19.0 Å². The summed E-state index contributed by atoms with van der Waals surface area (Å²) in [6.45, 7) is 11.3. The third-order valence-electron chi connectivity index (χ3n) is 3.27. The van der Waals surface area contributed by atoms with Gasteiger partial charge in [0.1, 0.15) is 0 Å². The van der Waals surface area contributed by atoms with E-state index in [2.05, 4.69) is 12.2 Å². The zero-order valence-corrected chi connectivity index (χ0v) is 14.9. The SMILES string of the molecule is CCC[C@H](C)NC(=O)c1cc(OCC)c(OCC)c(OCC)c1. The molecule has 0 heterocycles. The first-order valence-corrected chi connectivity index (χ1v) is 8.44. The standard InChI is InChI=1S/C18H29NO4/c1-6-10-13(5)19-18(20)14-11-15(21-7-2)17(23-9-4)16(12-14)22-8-3/h11-13H,6-10H2,1-5H3,(H,19,20)/t13-/m0/s1. The van der Waals surface area contributed by atoms with Crippen LogP contribution in [0, 0.1) is 0 Å². The minimum absolute atomic E-state index is 0.129. The van der Waals surface area contributed by atoms with Crippen molar-refractivity contribution in [2.24, 2.45) is 0 Å². The number of hydrogen-bond acceptors (Lipinski definition) is 4. The molecule has 1 amide bonds. The van der Waals surface area contributed by atoms with Crippen LogP contribution < -0.4 is 19.5 Å². The van der Waals surface area contributed by atoms with E-state index in [9.17, 15) is 4.79 Å². The third kappa shape index (κ3) is 5.66. The van der Waals surface area contributed by atoms with E-state index in [1.165, 1.54) is 0 Å². The highest BCUT2D eigenvalue weighted by molar-refractivity contribution is 5.95. The van der Waals surface area contributed by atoms with E-state index in [1.807, 2.05) is 27.7 Å². The van der Waals surface area contributed by atoms with Gasteiger partial charge in [0.2, 0.25) is 5.75 Å². The largest absolute Gasteiger partial charge is 0.490 e. The monoisotopic (exact) mass is 323 g/mol. The van der Waals surface area contributed by atoms with Gasteiger partial charge in [-0.15, -0.1) is 0 Å². The van der Waals surface area contributed by atoms with Crippen LogP contribution in [0.1, 0.15) is 57.8 Å². The molecule has 0 aliphatic heterocycles. The van der Waals surface area contributed by atoms with E-state index in [1.54, 1.807) is 12.1 Å². The van der Waals surface area contributed by atoms with E-state index in [0.717, 1.165) is 12.8 Å². The number of ether oxygens (including phenoxy) is 3. The summed E-state index contributed by atoms with van der Waals surface area (Å²) in [5, 5.41) is 3.00. The molecule has 0 saturated carbocycles. The Morgan fingerprint density at radius 3 is 1.96 bits per heavy atom. The minimum atomic E-state index is -0.129. The molecule has 5 nitrogen and oxygen atoms in total. The fourth-order valence-corrected chi connectivity index (χ4v) is 2.33. The number of rotatable bonds is 10. The molecule has 1 rings (SSSR count). The molecule has 23 heavy (non-hydrogen) atoms. The lowest BCUT2D eigenvalue weighted by molar-refractivity contribution is 0.0937. The summed E-state index contributed by atoms with van der Waals surface area (Å²) in [6, 6.07) is 3.56. The van der Waals surface area contributed by atoms with Crippen LogP contribution in [0.4, 0.5) is 0 Å². The molecular weight excluding hydrogens is 294 g/mol. The molecule has 0 aromatic heterocycles. The molecule has 130 valence electrons. The fraction of sp³-hybridized carbons (Fsp3) is 0.611. The highest BCUT2D eigenvalue weighted by Crippen LogP contribution is 2.39. The molecule has 1 atom stereocenters. The molecular formula is C18H29NO4. The first kappa shape index (κ1) is 19.1. The fourth-order valence-electron chi connectivity index (χ4n) is 2.33. The molecule has 0 aliphatic rings. The summed E-state index contributed by atoms with van der Waals surface area (Å²) >= 11 is 0. The van der Waals surface area contributed by atoms with Gasteiger partial charge in [-0.3, -0.25) is 4.79 Å². The van der Waals surface area contributed by atoms with Crippen molar-refractivity contribution in [3.8, 4) is 17.2 Å². The van der Waals surface area contributed by atoms with Gasteiger partial charge >= 0.3 is 0 Å². The Labute approximate surface area is 139 Å². The number of benzene rings is 1. The van der Waals surface area contributed by atoms with Crippen molar-refractivity contribution >= 4 is 5.91 Å². The van der Waals surface area contributed by atoms with Crippen LogP contribution in [0.25, 0.3) is 0 Å². The molecule has 0 aliphatic carbocycles. The Bertz CT molecular complexity index is 475. The van der Waals surface area contributed by atoms with Crippen molar-refractivity contribution in [1.29, 1.82) is 0 Å². The average Bonchev–Trinajstić information content (AvgIpc) is 2.50. The van der Waals surface area contributed by atoms with Crippen LogP contribution in [-0.2, 0) is 0 Å². The maximum Gasteiger partial charge on any atom is 0.251 e. The van der Waals surface area contributed by atoms with Crippen molar-refractivity contribution in [1.82, 2.24) is 5.32 Å². The normalized spacial score (nSPS) is 11.7. The first-order chi connectivity index (χ1) is 11.1. The van der Waals surface area contributed by atoms with Gasteiger partial charge in [-0.05, 0) is 46.2 Å². The molecule has 0 unspecified atom stereocenters. The Balaban J connectivity index is 3.14. The zero-order chi connectivity index (χ0) is 17.2. The van der Waals surface area contributed by atoms with Crippen molar-refractivity contribution in [3.63, 3.8) is 0 Å². The van der Waals surface area contributed by atoms with Gasteiger partial charge in [-0.1, -0.05) is 13.3 Å². The number of nitrogens with one attached hydrogen (secondary N) is 1. The van der Waals surface area contributed by atoms with E-state index in [-0.39, 0.29) is 11.9 Å². The number of hydrogen-bond donors (Lipinski definition) is 1. The second-order valence-electron chi connectivity index (χ2n) is 5.26. The first-order valence-electron chi connectivity index (χ1n) is 8.44. The number of carbonyl (C=O) groups excluding carboxylic acids is 1. The number of carbonyl (C=O) groups is 1. The van der Waals surface area contributed by atoms with Gasteiger partial charge in [-0.2, -0.15) is 0 Å². The summed E-state index contributed by atoms with van der Waals surface area (Å²) < 4.78 is 16.9. The lowest BCUT2D eigenvalue weighted by Crippen LogP contribution is -2.32. The minimum Gasteiger partial charge on any atom is -0.490 e. The molecule has 1 aromatic carbocycles. The predicted octanol–water partition coefficient (Wildman–Crippen LogP) is 3.80. The zero-order valence-electron chi connectivity index (χ0n) is 14.9. The Hall–Kier alpha value is -1.91. The van der Waals surface area contributed by atoms with E-state index < -0.39 is 0 Å². The van der Waals surface area contributed by atoms with Crippen LogP contribution >= 0.6 is 0 Å². The quantitative estimate of drug-likeness (QED) is 0.711. The molecule has 0 fully saturated rings. The summed E-state index contributed by atoms with van der Waals surface area (Å²) in [4.78, 5) is 12.4. The van der Waals surface area contributed by atoms with Gasteiger partial charge in [0.25, 0.3) is 5.91 Å². The molecule has 0 bridgehead atoms. The summed E-state index contributed by atoms with van der Waals surface area (Å²) in [5.41, 5.74) is 0.517. The Kier molecular flexibility index (Phi) is 8.30. The summed E-state index contributed by atoms with van der Waals surface area (Å²) in [5.74, 6) is 1.49. The average molecular weight is 323 g/mol. The van der Waals surface area contributed by atoms with Crippen molar-refractivity contribution in [2.75, 3.05) is 19.8 Å². The Morgan fingerprint density at radius 1 is 1.00 bits per heavy atom. The van der Waals surface area contributed by atoms with Gasteiger partial charge in [0, 0.05) is 11.6 Å². The predicted molar refractivity (Wildman–Crippen MR) is 91.8 cm³/mol. The summed E-state index contributed by atoms with van der Waals surface area (Å²) in [7, 11) is 0. The maximum atomic E-state index is 12.4. The van der Waals surface area contributed by atoms with Crippen LogP contribution in [0.3, 0.4) is 0 Å². The van der Waals surface area contributed by atoms with E-state index in [0.29, 0.717) is 42.6 Å². The lowest BCUT2D eigenvalue weighted by Gasteiger charge is -2.18. The van der Waals surface area contributed by atoms with E-state index >= 15 is 0 Å². The number of amides is 1. The Morgan fingerprint density at radius 2 is 1.52 bits per heavy atom. The van der Waals surface area contributed by atoms with E-state index in [4.69, 9.17) is 14.2 Å². The lowest BCUT2D eigenvalue weighted by atomic mass is 10.1. The topological polar surface area (TPSA) is 56.8 Å². The van der Waals surface area contributed by atoms with Crippen molar-refractivity contribution in [2.45, 2.75) is 53.5 Å². The molecule has 5 heteroatoms. The van der Waals surface area contributed by atoms with Crippen LogP contribution in [0.15, 0.2) is 12.1 Å². The second kappa shape index (κ2) is 9.98. The highest BCUT2D eigenvalue weighted by atomic mass is 16.5. The van der Waals surface area contributed by atoms with Gasteiger partial charge in [0.05, 0.1) is 19.8 Å². The second-order valence-corrected chi connectivity index (χ2v) is 5.26. The maximum absolute atomic E-state index is 12.4. The van der Waals surface area contributed by atoms with Gasteiger partial charge in [-0.25, -0.2) is 0 Å². The molecule has 0 saturated heterocycles. The molecule has 0 radical (unpaired) electrons. The van der Waals surface area contributed by atoms with Crippen LogP contribution in [0.2, 0.25) is 0 Å². The molecule has 1 N–H and O–H groups in total. The highest BCUT2D eigenvalue weighted by Gasteiger charge is 2.19. The molecule has 1 aromatic rings. The third-order valence-corrected chi connectivity index (χ3v) is 3.27. The summed E-state index contributed by atoms with van der Waals surface area (Å²) in [6.07, 6.45) is 1.97. The smallest absolute Gasteiger partial charge is 0.251 e. The van der Waals surface area contributed by atoms with Crippen molar-refractivity contribution in [3.05, 3.63) is 17.7 Å². The van der Waals surface area contributed by atoms with Gasteiger partial charge in [0.15, 0.2) is 11.5 Å². The molecule has 0 spiro atoms. The van der Waals surface area contributed by atoms with Gasteiger partial charge < -0.3 is 19.5 Å². The van der Waals surface area contributed by atoms with Crippen LogP contribution in [0.5, 0.6) is 17.2 Å².